The van der Waals surface area contributed by atoms with Crippen molar-refractivity contribution in [3.63, 3.8) is 0 Å². The Hall–Kier alpha value is -1.61. The SMILES string of the molecule is Cc1cc(C(=O)CSc2nnc(C)n2C2CC2)c(C)n1C1CCS(=O)(=O)C1. The van der Waals surface area contributed by atoms with E-state index in [9.17, 15) is 13.2 Å². The van der Waals surface area contributed by atoms with Crippen LogP contribution in [-0.2, 0) is 9.84 Å². The summed E-state index contributed by atoms with van der Waals surface area (Å²) in [6, 6.07) is 2.30. The normalized spacial score (nSPS) is 21.7. The molecule has 0 bridgehead atoms. The number of rotatable bonds is 6. The van der Waals surface area contributed by atoms with Crippen molar-refractivity contribution in [3.05, 3.63) is 28.8 Å². The molecular formula is C18H24N4O3S2. The molecule has 2 aromatic heterocycles. The summed E-state index contributed by atoms with van der Waals surface area (Å²) in [6.45, 7) is 5.79. The van der Waals surface area contributed by atoms with Crippen LogP contribution in [0.2, 0.25) is 0 Å². The van der Waals surface area contributed by atoms with Gasteiger partial charge in [0, 0.05) is 29.0 Å². The highest BCUT2D eigenvalue weighted by Gasteiger charge is 2.32. The predicted molar refractivity (Wildman–Crippen MR) is 104 cm³/mol. The second kappa shape index (κ2) is 6.77. The summed E-state index contributed by atoms with van der Waals surface area (Å²) in [5, 5.41) is 9.17. The first-order valence-corrected chi connectivity index (χ1v) is 12.0. The highest BCUT2D eigenvalue weighted by Crippen LogP contribution is 2.38. The number of thioether (sulfide) groups is 1. The van der Waals surface area contributed by atoms with Crippen LogP contribution in [-0.4, -0.2) is 50.8 Å². The lowest BCUT2D eigenvalue weighted by molar-refractivity contribution is 0.102. The average molecular weight is 409 g/mol. The molecule has 3 heterocycles. The molecule has 2 fully saturated rings. The van der Waals surface area contributed by atoms with E-state index in [1.54, 1.807) is 0 Å². The quantitative estimate of drug-likeness (QED) is 0.539. The number of carbonyl (C=O) groups excluding carboxylic acids is 1. The van der Waals surface area contributed by atoms with Gasteiger partial charge >= 0.3 is 0 Å². The summed E-state index contributed by atoms with van der Waals surface area (Å²) in [7, 11) is -2.97. The van der Waals surface area contributed by atoms with E-state index in [4.69, 9.17) is 0 Å². The second-order valence-corrected chi connectivity index (χ2v) is 10.7. The molecule has 0 spiro atoms. The minimum absolute atomic E-state index is 0.0446. The molecule has 1 saturated heterocycles. The molecule has 1 saturated carbocycles. The minimum atomic E-state index is -2.97. The standard InChI is InChI=1S/C18H24N4O3S2/c1-11-8-16(12(2)21(11)15-6-7-27(24,25)10-15)17(23)9-26-18-20-19-13(3)22(18)14-4-5-14/h8,14-15H,4-7,9-10H2,1-3H3. The molecule has 1 aliphatic carbocycles. The number of carbonyl (C=O) groups is 1. The number of Topliss-reactive ketones (excluding diaryl/α,β-unsaturated/α-hetero) is 1. The third kappa shape index (κ3) is 3.59. The van der Waals surface area contributed by atoms with Gasteiger partial charge in [0.15, 0.2) is 20.8 Å². The van der Waals surface area contributed by atoms with Gasteiger partial charge in [0.1, 0.15) is 5.82 Å². The van der Waals surface area contributed by atoms with E-state index in [1.165, 1.54) is 11.8 Å². The number of ketones is 1. The number of hydrogen-bond acceptors (Lipinski definition) is 6. The Kier molecular flexibility index (Phi) is 4.70. The maximum Gasteiger partial charge on any atom is 0.191 e. The van der Waals surface area contributed by atoms with Crippen molar-refractivity contribution in [1.82, 2.24) is 19.3 Å². The molecule has 0 amide bonds. The molecule has 2 aliphatic rings. The molecule has 7 nitrogen and oxygen atoms in total. The molecule has 0 radical (unpaired) electrons. The van der Waals surface area contributed by atoms with E-state index in [0.717, 1.165) is 35.2 Å². The van der Waals surface area contributed by atoms with Crippen molar-refractivity contribution in [3.8, 4) is 0 Å². The number of aromatic nitrogens is 4. The molecule has 0 aromatic carbocycles. The van der Waals surface area contributed by atoms with Crippen LogP contribution in [0, 0.1) is 20.8 Å². The molecule has 1 atom stereocenters. The van der Waals surface area contributed by atoms with Crippen LogP contribution >= 0.6 is 11.8 Å². The first-order valence-electron chi connectivity index (χ1n) is 9.23. The van der Waals surface area contributed by atoms with Gasteiger partial charge in [0.05, 0.1) is 17.3 Å². The molecule has 4 rings (SSSR count). The summed E-state index contributed by atoms with van der Waals surface area (Å²) in [5.74, 6) is 1.63. The Labute approximate surface area is 163 Å². The Morgan fingerprint density at radius 3 is 2.52 bits per heavy atom. The van der Waals surface area contributed by atoms with Crippen molar-refractivity contribution >= 4 is 27.4 Å². The van der Waals surface area contributed by atoms with E-state index >= 15 is 0 Å². The van der Waals surface area contributed by atoms with Gasteiger partial charge in [-0.05, 0) is 46.1 Å². The zero-order valence-electron chi connectivity index (χ0n) is 15.8. The van der Waals surface area contributed by atoms with Crippen LogP contribution in [0.4, 0.5) is 0 Å². The Morgan fingerprint density at radius 1 is 1.15 bits per heavy atom. The summed E-state index contributed by atoms with van der Waals surface area (Å²) in [6.07, 6.45) is 2.91. The maximum atomic E-state index is 12.8. The van der Waals surface area contributed by atoms with Gasteiger partial charge in [0.2, 0.25) is 0 Å². The summed E-state index contributed by atoms with van der Waals surface area (Å²) in [4.78, 5) is 12.8. The lowest BCUT2D eigenvalue weighted by Gasteiger charge is -2.16. The minimum Gasteiger partial charge on any atom is -0.344 e. The number of hydrogen-bond donors (Lipinski definition) is 0. The molecule has 9 heteroatoms. The van der Waals surface area contributed by atoms with Gasteiger partial charge in [-0.1, -0.05) is 11.8 Å². The zero-order chi connectivity index (χ0) is 19.3. The van der Waals surface area contributed by atoms with Gasteiger partial charge in [-0.25, -0.2) is 8.42 Å². The van der Waals surface area contributed by atoms with Crippen LogP contribution in [0.1, 0.15) is 58.9 Å². The summed E-state index contributed by atoms with van der Waals surface area (Å²) in [5.41, 5.74) is 2.48. The zero-order valence-corrected chi connectivity index (χ0v) is 17.4. The third-order valence-electron chi connectivity index (χ3n) is 5.44. The van der Waals surface area contributed by atoms with Crippen molar-refractivity contribution < 1.29 is 13.2 Å². The Balaban J connectivity index is 1.51. The van der Waals surface area contributed by atoms with Crippen LogP contribution in [0.5, 0.6) is 0 Å². The van der Waals surface area contributed by atoms with Crippen LogP contribution < -0.4 is 0 Å². The Morgan fingerprint density at radius 2 is 1.89 bits per heavy atom. The number of sulfone groups is 1. The monoisotopic (exact) mass is 408 g/mol. The van der Waals surface area contributed by atoms with Gasteiger partial charge in [-0.2, -0.15) is 0 Å². The van der Waals surface area contributed by atoms with E-state index in [2.05, 4.69) is 14.8 Å². The smallest absolute Gasteiger partial charge is 0.191 e. The van der Waals surface area contributed by atoms with Gasteiger partial charge < -0.3 is 9.13 Å². The van der Waals surface area contributed by atoms with E-state index in [-0.39, 0.29) is 23.3 Å². The predicted octanol–water partition coefficient (Wildman–Crippen LogP) is 2.67. The van der Waals surface area contributed by atoms with Crippen molar-refractivity contribution in [1.29, 1.82) is 0 Å². The number of aryl methyl sites for hydroxylation is 2. The van der Waals surface area contributed by atoms with Crippen molar-refractivity contribution in [2.45, 2.75) is 57.3 Å². The largest absolute Gasteiger partial charge is 0.344 e. The van der Waals surface area contributed by atoms with E-state index in [0.29, 0.717) is 23.8 Å². The Bertz CT molecular complexity index is 1000. The van der Waals surface area contributed by atoms with E-state index in [1.807, 2.05) is 31.4 Å². The average Bonchev–Trinajstić information content (AvgIpc) is 3.18. The van der Waals surface area contributed by atoms with E-state index < -0.39 is 9.84 Å². The van der Waals surface area contributed by atoms with Gasteiger partial charge in [-0.15, -0.1) is 10.2 Å². The lowest BCUT2D eigenvalue weighted by Crippen LogP contribution is -2.14. The van der Waals surface area contributed by atoms with Crippen molar-refractivity contribution in [2.75, 3.05) is 17.3 Å². The first-order chi connectivity index (χ1) is 12.8. The molecule has 2 aromatic rings. The van der Waals surface area contributed by atoms with Crippen LogP contribution in [0.15, 0.2) is 11.2 Å². The van der Waals surface area contributed by atoms with Crippen molar-refractivity contribution in [2.24, 2.45) is 0 Å². The summed E-state index contributed by atoms with van der Waals surface area (Å²) >= 11 is 1.43. The molecule has 27 heavy (non-hydrogen) atoms. The molecule has 146 valence electrons. The molecule has 1 aliphatic heterocycles. The second-order valence-electron chi connectivity index (χ2n) is 7.55. The number of nitrogens with zero attached hydrogens (tertiary/aromatic N) is 4. The highest BCUT2D eigenvalue weighted by atomic mass is 32.2. The van der Waals surface area contributed by atoms with Gasteiger partial charge in [0.25, 0.3) is 0 Å². The lowest BCUT2D eigenvalue weighted by atomic mass is 10.2. The van der Waals surface area contributed by atoms with Crippen LogP contribution in [0.3, 0.4) is 0 Å². The maximum absolute atomic E-state index is 12.8. The highest BCUT2D eigenvalue weighted by molar-refractivity contribution is 7.99. The summed E-state index contributed by atoms with van der Waals surface area (Å²) < 4.78 is 27.8. The first kappa shape index (κ1) is 18.7. The molecule has 1 unspecified atom stereocenters. The van der Waals surface area contributed by atoms with Crippen LogP contribution in [0.25, 0.3) is 0 Å². The fourth-order valence-corrected chi connectivity index (χ4v) is 6.64. The molecule has 0 N–H and O–H groups in total. The third-order valence-corrected chi connectivity index (χ3v) is 8.13. The molecular weight excluding hydrogens is 384 g/mol. The topological polar surface area (TPSA) is 86.8 Å². The fourth-order valence-electron chi connectivity index (χ4n) is 4.01. The fraction of sp³-hybridized carbons (Fsp3) is 0.611. The van der Waals surface area contributed by atoms with Gasteiger partial charge in [-0.3, -0.25) is 4.79 Å².